The van der Waals surface area contributed by atoms with Gasteiger partial charge in [-0.05, 0) is 69.0 Å². The molecule has 1 aliphatic heterocycles. The van der Waals surface area contributed by atoms with E-state index in [4.69, 9.17) is 0 Å². The van der Waals surface area contributed by atoms with Crippen LogP contribution in [0.1, 0.15) is 31.9 Å². The number of amides is 1. The van der Waals surface area contributed by atoms with Gasteiger partial charge in [0, 0.05) is 28.7 Å². The lowest BCUT2D eigenvalue weighted by Crippen LogP contribution is -2.32. The number of hydrogen-bond donors (Lipinski definition) is 2. The quantitative estimate of drug-likeness (QED) is 0.803. The van der Waals surface area contributed by atoms with E-state index < -0.39 is 0 Å². The van der Waals surface area contributed by atoms with Crippen LogP contribution < -0.4 is 10.6 Å². The summed E-state index contributed by atoms with van der Waals surface area (Å²) in [7, 11) is 0. The molecule has 1 aromatic carbocycles. The average molecular weight is 380 g/mol. The first-order valence-corrected chi connectivity index (χ1v) is 9.53. The lowest BCUT2D eigenvalue weighted by atomic mass is 9.84. The number of benzene rings is 1. The molecule has 1 atom stereocenters. The minimum absolute atomic E-state index is 0. The fourth-order valence-electron chi connectivity index (χ4n) is 3.27. The number of hydrogen-bond acceptors (Lipinski definition) is 4. The van der Waals surface area contributed by atoms with Crippen LogP contribution in [0.5, 0.6) is 0 Å². The molecule has 3 rings (SSSR count). The number of piperidine rings is 1. The zero-order valence-electron chi connectivity index (χ0n) is 14.7. The molecule has 1 aliphatic rings. The van der Waals surface area contributed by atoms with Crippen LogP contribution in [0.25, 0.3) is 10.6 Å². The Morgan fingerprint density at radius 3 is 2.60 bits per heavy atom. The summed E-state index contributed by atoms with van der Waals surface area (Å²) in [6.07, 6.45) is 2.95. The van der Waals surface area contributed by atoms with Crippen molar-refractivity contribution >= 4 is 35.3 Å². The highest BCUT2D eigenvalue weighted by Gasteiger charge is 2.22. The second-order valence-electron chi connectivity index (χ2n) is 6.69. The summed E-state index contributed by atoms with van der Waals surface area (Å²) < 4.78 is 0. The number of carbonyl (C=O) groups is 1. The van der Waals surface area contributed by atoms with Gasteiger partial charge < -0.3 is 10.6 Å². The molecule has 6 heteroatoms. The van der Waals surface area contributed by atoms with Gasteiger partial charge in [0.1, 0.15) is 5.01 Å². The third-order valence-corrected chi connectivity index (χ3v) is 5.74. The van der Waals surface area contributed by atoms with Crippen molar-refractivity contribution in [3.8, 4) is 10.6 Å². The third-order valence-electron chi connectivity index (χ3n) is 4.73. The highest BCUT2D eigenvalue weighted by atomic mass is 35.5. The fraction of sp³-hybridized carbons (Fsp3) is 0.474. The molecular formula is C19H26ClN3OS. The Kier molecular flexibility index (Phi) is 7.41. The van der Waals surface area contributed by atoms with E-state index >= 15 is 0 Å². The first-order valence-electron chi connectivity index (χ1n) is 8.65. The van der Waals surface area contributed by atoms with Crippen molar-refractivity contribution in [3.63, 3.8) is 0 Å². The number of aromatic nitrogens is 1. The lowest BCUT2D eigenvalue weighted by Gasteiger charge is -2.27. The molecular weight excluding hydrogens is 354 g/mol. The second kappa shape index (κ2) is 9.32. The van der Waals surface area contributed by atoms with Crippen LogP contribution in [0.4, 0.5) is 5.69 Å². The number of rotatable bonds is 5. The average Bonchev–Trinajstić information content (AvgIpc) is 3.02. The van der Waals surface area contributed by atoms with E-state index in [9.17, 15) is 4.79 Å². The van der Waals surface area contributed by atoms with Gasteiger partial charge in [-0.2, -0.15) is 0 Å². The summed E-state index contributed by atoms with van der Waals surface area (Å²) in [6.45, 7) is 6.35. The normalized spacial score (nSPS) is 16.1. The first-order chi connectivity index (χ1) is 11.6. The van der Waals surface area contributed by atoms with Gasteiger partial charge in [0.05, 0.1) is 0 Å². The van der Waals surface area contributed by atoms with Crippen molar-refractivity contribution in [3.05, 3.63) is 35.3 Å². The number of anilines is 1. The standard InChI is InChI=1S/C19H25N3OS.ClH/c1-13(15-7-9-20-10-8-15)11-18(23)22-17-5-3-16(4-6-17)19-21-14(2)12-24-19;/h3-6,12-13,15,20H,7-11H2,1-2H3,(H,22,23);1H. The van der Waals surface area contributed by atoms with Gasteiger partial charge >= 0.3 is 0 Å². The minimum atomic E-state index is 0. The molecule has 25 heavy (non-hydrogen) atoms. The highest BCUT2D eigenvalue weighted by Crippen LogP contribution is 2.26. The Hall–Kier alpha value is -1.43. The summed E-state index contributed by atoms with van der Waals surface area (Å²) in [5.41, 5.74) is 2.99. The Balaban J connectivity index is 0.00000225. The predicted molar refractivity (Wildman–Crippen MR) is 108 cm³/mol. The maximum Gasteiger partial charge on any atom is 0.224 e. The van der Waals surface area contributed by atoms with Crippen molar-refractivity contribution in [2.24, 2.45) is 11.8 Å². The molecule has 0 bridgehead atoms. The van der Waals surface area contributed by atoms with Gasteiger partial charge in [-0.1, -0.05) is 6.92 Å². The van der Waals surface area contributed by atoms with Crippen molar-refractivity contribution in [2.75, 3.05) is 18.4 Å². The van der Waals surface area contributed by atoms with Crippen LogP contribution in [0.3, 0.4) is 0 Å². The molecule has 0 aliphatic carbocycles. The topological polar surface area (TPSA) is 54.0 Å². The van der Waals surface area contributed by atoms with Gasteiger partial charge in [-0.3, -0.25) is 4.79 Å². The van der Waals surface area contributed by atoms with Crippen molar-refractivity contribution < 1.29 is 4.79 Å². The monoisotopic (exact) mass is 379 g/mol. The summed E-state index contributed by atoms with van der Waals surface area (Å²) in [6, 6.07) is 7.95. The summed E-state index contributed by atoms with van der Waals surface area (Å²) >= 11 is 1.64. The van der Waals surface area contributed by atoms with Gasteiger partial charge in [-0.25, -0.2) is 4.98 Å². The Labute approximate surface area is 159 Å². The molecule has 0 radical (unpaired) electrons. The van der Waals surface area contributed by atoms with Gasteiger partial charge in [0.15, 0.2) is 0 Å². The van der Waals surface area contributed by atoms with E-state index in [0.717, 1.165) is 35.0 Å². The molecule has 1 unspecified atom stereocenters. The van der Waals surface area contributed by atoms with E-state index in [1.54, 1.807) is 11.3 Å². The van der Waals surface area contributed by atoms with Crippen LogP contribution in [0, 0.1) is 18.8 Å². The van der Waals surface area contributed by atoms with Crippen LogP contribution in [0.2, 0.25) is 0 Å². The van der Waals surface area contributed by atoms with E-state index in [1.807, 2.05) is 36.6 Å². The van der Waals surface area contributed by atoms with Crippen LogP contribution in [-0.4, -0.2) is 24.0 Å². The van der Waals surface area contributed by atoms with E-state index in [0.29, 0.717) is 18.3 Å². The van der Waals surface area contributed by atoms with E-state index in [2.05, 4.69) is 22.5 Å². The number of nitrogens with one attached hydrogen (secondary N) is 2. The van der Waals surface area contributed by atoms with E-state index in [1.165, 1.54) is 12.8 Å². The second-order valence-corrected chi connectivity index (χ2v) is 7.55. The van der Waals surface area contributed by atoms with Gasteiger partial charge in [0.2, 0.25) is 5.91 Å². The van der Waals surface area contributed by atoms with Gasteiger partial charge in [-0.15, -0.1) is 23.7 Å². The molecule has 2 N–H and O–H groups in total. The molecule has 4 nitrogen and oxygen atoms in total. The number of halogens is 1. The maximum absolute atomic E-state index is 12.3. The molecule has 0 spiro atoms. The van der Waals surface area contributed by atoms with Gasteiger partial charge in [0.25, 0.3) is 0 Å². The summed E-state index contributed by atoms with van der Waals surface area (Å²) in [5, 5.41) is 9.47. The largest absolute Gasteiger partial charge is 0.326 e. The number of thiazole rings is 1. The summed E-state index contributed by atoms with van der Waals surface area (Å²) in [4.78, 5) is 16.8. The van der Waals surface area contributed by atoms with Crippen molar-refractivity contribution in [2.45, 2.75) is 33.1 Å². The molecule has 1 amide bonds. The smallest absolute Gasteiger partial charge is 0.224 e. The number of carbonyl (C=O) groups excluding carboxylic acids is 1. The molecule has 0 saturated carbocycles. The minimum Gasteiger partial charge on any atom is -0.326 e. The molecule has 2 aromatic rings. The molecule has 136 valence electrons. The number of nitrogens with zero attached hydrogens (tertiary/aromatic N) is 1. The predicted octanol–water partition coefficient (Wildman–Crippen LogP) is 4.50. The van der Waals surface area contributed by atoms with Crippen molar-refractivity contribution in [1.29, 1.82) is 0 Å². The van der Waals surface area contributed by atoms with E-state index in [-0.39, 0.29) is 18.3 Å². The molecule has 1 fully saturated rings. The SMILES string of the molecule is Cc1csc(-c2ccc(NC(=O)CC(C)C3CCNCC3)cc2)n1.Cl. The molecule has 1 aromatic heterocycles. The lowest BCUT2D eigenvalue weighted by molar-refractivity contribution is -0.117. The summed E-state index contributed by atoms with van der Waals surface area (Å²) in [5.74, 6) is 1.20. The Bertz CT molecular complexity index is 680. The van der Waals surface area contributed by atoms with Crippen LogP contribution >= 0.6 is 23.7 Å². The Morgan fingerprint density at radius 1 is 1.32 bits per heavy atom. The maximum atomic E-state index is 12.3. The first kappa shape index (κ1) is 19.9. The van der Waals surface area contributed by atoms with Crippen LogP contribution in [0.15, 0.2) is 29.6 Å². The zero-order valence-corrected chi connectivity index (χ0v) is 16.4. The fourth-order valence-corrected chi connectivity index (χ4v) is 4.07. The van der Waals surface area contributed by atoms with Crippen molar-refractivity contribution in [1.82, 2.24) is 10.3 Å². The third kappa shape index (κ3) is 5.53. The van der Waals surface area contributed by atoms with Crippen LogP contribution in [-0.2, 0) is 4.79 Å². The Morgan fingerprint density at radius 2 is 2.00 bits per heavy atom. The number of aryl methyl sites for hydroxylation is 1. The molecule has 1 saturated heterocycles. The highest BCUT2D eigenvalue weighted by molar-refractivity contribution is 7.13. The molecule has 2 heterocycles. The zero-order chi connectivity index (χ0) is 16.9.